The fraction of sp³-hybridized carbons (Fsp3) is 0.273. The predicted molar refractivity (Wildman–Crippen MR) is 108 cm³/mol. The number of carbonyl (C=O) groups excluding carboxylic acids is 1. The molecule has 4 rings (SSSR count). The molecule has 2 heterocycles. The van der Waals surface area contributed by atoms with Gasteiger partial charge in [-0.3, -0.25) is 4.79 Å². The Labute approximate surface area is 162 Å². The molecule has 1 aliphatic heterocycles. The third-order valence-corrected chi connectivity index (χ3v) is 6.02. The lowest BCUT2D eigenvalue weighted by atomic mass is 9.90. The van der Waals surface area contributed by atoms with Gasteiger partial charge in [0, 0.05) is 19.2 Å². The van der Waals surface area contributed by atoms with E-state index < -0.39 is 0 Å². The largest absolute Gasteiger partial charge is 0.339 e. The summed E-state index contributed by atoms with van der Waals surface area (Å²) in [4.78, 5) is 18.9. The summed E-state index contributed by atoms with van der Waals surface area (Å²) < 4.78 is 14.4. The average molecular weight is 380 g/mol. The molecule has 0 unspecified atom stereocenters. The Morgan fingerprint density at radius 1 is 1.19 bits per heavy atom. The Balaban J connectivity index is 1.31. The van der Waals surface area contributed by atoms with Crippen molar-refractivity contribution >= 4 is 33.5 Å². The maximum Gasteiger partial charge on any atom is 0.246 e. The first-order valence-electron chi connectivity index (χ1n) is 9.24. The fourth-order valence-corrected chi connectivity index (χ4v) is 4.43. The Morgan fingerprint density at radius 3 is 2.78 bits per heavy atom. The summed E-state index contributed by atoms with van der Waals surface area (Å²) in [6, 6.07) is 14.8. The van der Waals surface area contributed by atoms with E-state index in [1.54, 1.807) is 29.5 Å². The molecule has 1 aliphatic rings. The van der Waals surface area contributed by atoms with Gasteiger partial charge in [-0.25, -0.2) is 9.37 Å². The van der Waals surface area contributed by atoms with Crippen LogP contribution in [0.1, 0.15) is 23.4 Å². The molecule has 0 spiro atoms. The molecule has 1 fully saturated rings. The first kappa shape index (κ1) is 17.9. The highest BCUT2D eigenvalue weighted by Crippen LogP contribution is 2.24. The minimum Gasteiger partial charge on any atom is -0.339 e. The Bertz CT molecular complexity index is 940. The minimum absolute atomic E-state index is 0.0402. The van der Waals surface area contributed by atoms with E-state index in [9.17, 15) is 9.18 Å². The van der Waals surface area contributed by atoms with Crippen LogP contribution in [0.2, 0.25) is 0 Å². The number of halogens is 1. The number of aromatic nitrogens is 1. The number of carbonyl (C=O) groups is 1. The normalized spacial score (nSPS) is 15.7. The summed E-state index contributed by atoms with van der Waals surface area (Å²) >= 11 is 1.59. The second-order valence-corrected chi connectivity index (χ2v) is 8.02. The lowest BCUT2D eigenvalue weighted by Gasteiger charge is -2.31. The number of rotatable bonds is 4. The summed E-state index contributed by atoms with van der Waals surface area (Å²) in [6.07, 6.45) is 6.23. The molecule has 27 heavy (non-hydrogen) atoms. The molecule has 5 heteroatoms. The number of piperidine rings is 1. The topological polar surface area (TPSA) is 33.2 Å². The second-order valence-electron chi connectivity index (χ2n) is 6.96. The standard InChI is InChI=1S/C22H21FN2OS/c23-18-5-3-4-17(15-18)14-16-10-12-25(13-11-16)22(26)9-8-21-24-19-6-1-2-7-20(19)27-21/h1-9,15-16H,10-14H2/b9-8+. The van der Waals surface area contributed by atoms with Crippen molar-refractivity contribution in [1.29, 1.82) is 0 Å². The number of hydrogen-bond donors (Lipinski definition) is 0. The minimum atomic E-state index is -0.180. The number of thiazole rings is 1. The molecule has 1 aromatic heterocycles. The van der Waals surface area contributed by atoms with Crippen molar-refractivity contribution in [2.45, 2.75) is 19.3 Å². The van der Waals surface area contributed by atoms with Crippen LogP contribution in [0, 0.1) is 11.7 Å². The van der Waals surface area contributed by atoms with Crippen molar-refractivity contribution in [2.24, 2.45) is 5.92 Å². The van der Waals surface area contributed by atoms with E-state index in [0.717, 1.165) is 53.1 Å². The van der Waals surface area contributed by atoms with Gasteiger partial charge < -0.3 is 4.90 Å². The predicted octanol–water partition coefficient (Wildman–Crippen LogP) is 4.93. The summed E-state index contributed by atoms with van der Waals surface area (Å²) in [5, 5.41) is 0.852. The Morgan fingerprint density at radius 2 is 2.00 bits per heavy atom. The molecule has 3 nitrogen and oxygen atoms in total. The molecule has 0 saturated carbocycles. The zero-order valence-electron chi connectivity index (χ0n) is 15.0. The smallest absolute Gasteiger partial charge is 0.246 e. The SMILES string of the molecule is O=C(/C=C/c1nc2ccccc2s1)N1CCC(Cc2cccc(F)c2)CC1. The van der Waals surface area contributed by atoms with Crippen LogP contribution in [0.4, 0.5) is 4.39 Å². The molecule has 0 N–H and O–H groups in total. The van der Waals surface area contributed by atoms with Crippen LogP contribution in [0.3, 0.4) is 0 Å². The second kappa shape index (κ2) is 8.01. The highest BCUT2D eigenvalue weighted by Gasteiger charge is 2.21. The van der Waals surface area contributed by atoms with Crippen LogP contribution < -0.4 is 0 Å². The number of amides is 1. The molecule has 0 atom stereocenters. The third kappa shape index (κ3) is 4.42. The van der Waals surface area contributed by atoms with Crippen LogP contribution in [0.25, 0.3) is 16.3 Å². The highest BCUT2D eigenvalue weighted by molar-refractivity contribution is 7.19. The molecule has 1 saturated heterocycles. The van der Waals surface area contributed by atoms with Gasteiger partial charge in [-0.1, -0.05) is 24.3 Å². The zero-order valence-corrected chi connectivity index (χ0v) is 15.8. The van der Waals surface area contributed by atoms with E-state index in [4.69, 9.17) is 0 Å². The Kier molecular flexibility index (Phi) is 5.30. The van der Waals surface area contributed by atoms with E-state index in [-0.39, 0.29) is 11.7 Å². The molecule has 2 aromatic carbocycles. The first-order chi connectivity index (χ1) is 13.2. The summed E-state index contributed by atoms with van der Waals surface area (Å²) in [5.41, 5.74) is 2.00. The number of para-hydroxylation sites is 1. The van der Waals surface area contributed by atoms with Gasteiger partial charge in [0.15, 0.2) is 0 Å². The van der Waals surface area contributed by atoms with Gasteiger partial charge in [-0.2, -0.15) is 0 Å². The lowest BCUT2D eigenvalue weighted by Crippen LogP contribution is -2.37. The van der Waals surface area contributed by atoms with E-state index in [0.29, 0.717) is 5.92 Å². The van der Waals surface area contributed by atoms with Crippen molar-refractivity contribution in [3.63, 3.8) is 0 Å². The maximum atomic E-state index is 13.3. The van der Waals surface area contributed by atoms with Crippen LogP contribution in [-0.2, 0) is 11.2 Å². The number of likely N-dealkylation sites (tertiary alicyclic amines) is 1. The van der Waals surface area contributed by atoms with E-state index >= 15 is 0 Å². The highest BCUT2D eigenvalue weighted by atomic mass is 32.1. The van der Waals surface area contributed by atoms with Crippen LogP contribution in [-0.4, -0.2) is 28.9 Å². The van der Waals surface area contributed by atoms with Crippen molar-refractivity contribution in [2.75, 3.05) is 13.1 Å². The number of nitrogens with zero attached hydrogens (tertiary/aromatic N) is 2. The van der Waals surface area contributed by atoms with Crippen molar-refractivity contribution in [3.05, 3.63) is 71.0 Å². The van der Waals surface area contributed by atoms with E-state index in [2.05, 4.69) is 4.98 Å². The fourth-order valence-electron chi connectivity index (χ4n) is 3.56. The molecule has 138 valence electrons. The van der Waals surface area contributed by atoms with E-state index in [1.807, 2.05) is 41.3 Å². The van der Waals surface area contributed by atoms with Gasteiger partial charge >= 0.3 is 0 Å². The molecular weight excluding hydrogens is 359 g/mol. The van der Waals surface area contributed by atoms with Gasteiger partial charge in [0.25, 0.3) is 0 Å². The third-order valence-electron chi connectivity index (χ3n) is 5.02. The first-order valence-corrected chi connectivity index (χ1v) is 10.1. The summed E-state index contributed by atoms with van der Waals surface area (Å²) in [5.74, 6) is 0.364. The molecular formula is C22H21FN2OS. The number of hydrogen-bond acceptors (Lipinski definition) is 3. The average Bonchev–Trinajstić information content (AvgIpc) is 3.10. The van der Waals surface area contributed by atoms with Crippen molar-refractivity contribution in [1.82, 2.24) is 9.88 Å². The molecule has 0 bridgehead atoms. The quantitative estimate of drug-likeness (QED) is 0.601. The summed E-state index contributed by atoms with van der Waals surface area (Å²) in [6.45, 7) is 1.51. The molecule has 0 aliphatic carbocycles. The van der Waals surface area contributed by atoms with Crippen LogP contribution in [0.15, 0.2) is 54.6 Å². The molecule has 1 amide bonds. The molecule has 0 radical (unpaired) electrons. The van der Waals surface area contributed by atoms with Crippen LogP contribution >= 0.6 is 11.3 Å². The van der Waals surface area contributed by atoms with Gasteiger partial charge in [-0.05, 0) is 61.1 Å². The lowest BCUT2D eigenvalue weighted by molar-refractivity contribution is -0.127. The van der Waals surface area contributed by atoms with Crippen molar-refractivity contribution in [3.8, 4) is 0 Å². The van der Waals surface area contributed by atoms with Gasteiger partial charge in [0.2, 0.25) is 5.91 Å². The van der Waals surface area contributed by atoms with E-state index in [1.165, 1.54) is 6.07 Å². The number of benzene rings is 2. The van der Waals surface area contributed by atoms with Gasteiger partial charge in [0.05, 0.1) is 10.2 Å². The number of fused-ring (bicyclic) bond motifs is 1. The van der Waals surface area contributed by atoms with Gasteiger partial charge in [0.1, 0.15) is 10.8 Å². The molecule has 3 aromatic rings. The van der Waals surface area contributed by atoms with Gasteiger partial charge in [-0.15, -0.1) is 11.3 Å². The Hall–Kier alpha value is -2.53. The maximum absolute atomic E-state index is 13.3. The van der Waals surface area contributed by atoms with Crippen molar-refractivity contribution < 1.29 is 9.18 Å². The zero-order chi connectivity index (χ0) is 18.6. The van der Waals surface area contributed by atoms with Crippen LogP contribution in [0.5, 0.6) is 0 Å². The monoisotopic (exact) mass is 380 g/mol. The summed E-state index contributed by atoms with van der Waals surface area (Å²) in [7, 11) is 0.